The average Bonchev–Trinajstić information content (AvgIpc) is 3.90. The third-order valence-corrected chi connectivity index (χ3v) is 9.34. The van der Waals surface area contributed by atoms with Crippen LogP contribution >= 0.6 is 0 Å². The van der Waals surface area contributed by atoms with Gasteiger partial charge < -0.3 is 15.6 Å². The summed E-state index contributed by atoms with van der Waals surface area (Å²) in [4.78, 5) is 33.9. The summed E-state index contributed by atoms with van der Waals surface area (Å²) in [6.45, 7) is 0. The number of imidazole rings is 1. The van der Waals surface area contributed by atoms with E-state index in [1.54, 1.807) is 18.2 Å². The van der Waals surface area contributed by atoms with Crippen LogP contribution in [0.3, 0.4) is 0 Å². The van der Waals surface area contributed by atoms with E-state index in [1.165, 1.54) is 0 Å². The number of carbonyl (C=O) groups is 2. The van der Waals surface area contributed by atoms with E-state index in [2.05, 4.69) is 25.9 Å². The first-order chi connectivity index (χ1) is 20.6. The highest BCUT2D eigenvalue weighted by molar-refractivity contribution is 5.93. The number of carbonyl (C=O) groups excluding carboxylic acids is 2. The molecule has 0 saturated heterocycles. The molecular formula is C30H34F4N6O3. The third kappa shape index (κ3) is 6.12. The molecule has 0 unspecified atom stereocenters. The number of nitrogens with zero attached hydrogens (tertiary/aromatic N) is 3. The van der Waals surface area contributed by atoms with Gasteiger partial charge in [-0.2, -0.15) is 8.78 Å². The highest BCUT2D eigenvalue weighted by atomic mass is 19.3. The molecule has 9 nitrogen and oxygen atoms in total. The van der Waals surface area contributed by atoms with Gasteiger partial charge in [0.15, 0.2) is 5.69 Å². The molecule has 230 valence electrons. The van der Waals surface area contributed by atoms with Gasteiger partial charge in [-0.05, 0) is 92.0 Å². The van der Waals surface area contributed by atoms with E-state index in [1.807, 2.05) is 0 Å². The van der Waals surface area contributed by atoms with Crippen molar-refractivity contribution in [3.05, 3.63) is 41.0 Å². The lowest BCUT2D eigenvalue weighted by molar-refractivity contribution is -0.148. The van der Waals surface area contributed by atoms with Crippen molar-refractivity contribution in [3.63, 3.8) is 0 Å². The van der Waals surface area contributed by atoms with E-state index in [0.717, 1.165) is 38.5 Å². The average molecular weight is 603 g/mol. The minimum atomic E-state index is -3.42. The first-order valence-electron chi connectivity index (χ1n) is 15.3. The number of aromatic amines is 1. The van der Waals surface area contributed by atoms with Crippen molar-refractivity contribution in [2.24, 2.45) is 17.8 Å². The van der Waals surface area contributed by atoms with Crippen LogP contribution in [0.5, 0.6) is 0 Å². The fraction of sp³-hybridized carbons (Fsp3) is 0.633. The molecule has 2 heterocycles. The minimum absolute atomic E-state index is 0.0631. The van der Waals surface area contributed by atoms with Gasteiger partial charge in [-0.15, -0.1) is 0 Å². The van der Waals surface area contributed by atoms with Crippen LogP contribution in [0.15, 0.2) is 22.8 Å². The van der Waals surface area contributed by atoms with Crippen molar-refractivity contribution in [2.45, 2.75) is 100 Å². The number of nitrogens with one attached hydrogen (secondary N) is 3. The van der Waals surface area contributed by atoms with E-state index >= 15 is 0 Å². The molecule has 4 fully saturated rings. The quantitative estimate of drug-likeness (QED) is 0.227. The van der Waals surface area contributed by atoms with Gasteiger partial charge in [0, 0.05) is 25.2 Å². The van der Waals surface area contributed by atoms with Gasteiger partial charge in [-0.1, -0.05) is 11.2 Å². The van der Waals surface area contributed by atoms with Gasteiger partial charge in [-0.3, -0.25) is 9.59 Å². The first kappa shape index (κ1) is 28.3. The maximum absolute atomic E-state index is 14.6. The van der Waals surface area contributed by atoms with Crippen LogP contribution < -0.4 is 10.6 Å². The van der Waals surface area contributed by atoms with Gasteiger partial charge in [0.25, 0.3) is 11.8 Å². The molecule has 4 aliphatic rings. The lowest BCUT2D eigenvalue weighted by Crippen LogP contribution is -2.42. The number of hydrogen-bond donors (Lipinski definition) is 3. The molecule has 2 amide bonds. The summed E-state index contributed by atoms with van der Waals surface area (Å²) in [6.07, 6.45) is 4.27. The predicted molar refractivity (Wildman–Crippen MR) is 145 cm³/mol. The van der Waals surface area contributed by atoms with Crippen LogP contribution in [0, 0.1) is 17.8 Å². The SMILES string of the molecule is O=C(N[C@H](c1nc2ccc([C@H](NC(=O)C(F)(F)CC3CC3)C3CC3)cc2[nH]1)C1CCC(F)(F)CC1)c1nonc1C1CC1. The lowest BCUT2D eigenvalue weighted by atomic mass is 9.81. The fourth-order valence-electron chi connectivity index (χ4n) is 6.31. The number of rotatable bonds is 11. The number of amides is 2. The monoisotopic (exact) mass is 602 g/mol. The maximum Gasteiger partial charge on any atom is 0.324 e. The highest BCUT2D eigenvalue weighted by Gasteiger charge is 2.46. The lowest BCUT2D eigenvalue weighted by Gasteiger charge is -2.33. The van der Waals surface area contributed by atoms with Gasteiger partial charge >= 0.3 is 5.92 Å². The van der Waals surface area contributed by atoms with Crippen LogP contribution in [0.2, 0.25) is 0 Å². The second kappa shape index (κ2) is 10.6. The normalized spacial score (nSPS) is 22.3. The predicted octanol–water partition coefficient (Wildman–Crippen LogP) is 6.12. The zero-order chi connectivity index (χ0) is 29.9. The van der Waals surface area contributed by atoms with E-state index in [9.17, 15) is 27.2 Å². The van der Waals surface area contributed by atoms with Crippen LogP contribution in [0.4, 0.5) is 17.6 Å². The zero-order valence-corrected chi connectivity index (χ0v) is 23.6. The molecule has 2 aromatic heterocycles. The standard InChI is InChI=1S/C30H34F4N6O3/c31-29(32)11-9-18(10-12-29)24(37-27(41)25-23(17-5-6-17)39-43-40-25)26-35-20-8-7-19(13-21(20)36-26)22(16-3-4-16)38-28(42)30(33,34)14-15-1-2-15/h7-8,13,15-18,22,24H,1-6,9-12,14H2,(H,35,36)(H,37,41)(H,38,42)/t22-,24+/m1/s1. The van der Waals surface area contributed by atoms with Gasteiger partial charge in [0.2, 0.25) is 5.92 Å². The summed E-state index contributed by atoms with van der Waals surface area (Å²) in [5.74, 6) is -7.72. The number of fused-ring (bicyclic) bond motifs is 1. The molecule has 4 aliphatic carbocycles. The Morgan fingerprint density at radius 2 is 1.70 bits per heavy atom. The van der Waals surface area contributed by atoms with E-state index < -0.39 is 42.2 Å². The summed E-state index contributed by atoms with van der Waals surface area (Å²) in [7, 11) is 0. The first-order valence-corrected chi connectivity index (χ1v) is 15.3. The van der Waals surface area contributed by atoms with E-state index in [4.69, 9.17) is 9.61 Å². The Morgan fingerprint density at radius 1 is 0.977 bits per heavy atom. The van der Waals surface area contributed by atoms with Crippen molar-refractivity contribution in [1.82, 2.24) is 30.9 Å². The fourth-order valence-corrected chi connectivity index (χ4v) is 6.31. The third-order valence-electron chi connectivity index (χ3n) is 9.34. The van der Waals surface area contributed by atoms with Crippen molar-refractivity contribution in [1.29, 1.82) is 0 Å². The Bertz CT molecular complexity index is 1520. The number of halogens is 4. The second-order valence-electron chi connectivity index (χ2n) is 13.0. The summed E-state index contributed by atoms with van der Waals surface area (Å²) < 4.78 is 62.1. The van der Waals surface area contributed by atoms with Gasteiger partial charge in [-0.25, -0.2) is 18.4 Å². The Kier molecular flexibility index (Phi) is 6.96. The molecule has 4 saturated carbocycles. The molecule has 43 heavy (non-hydrogen) atoms. The summed E-state index contributed by atoms with van der Waals surface area (Å²) in [6, 6.07) is 4.03. The molecule has 0 spiro atoms. The smallest absolute Gasteiger partial charge is 0.324 e. The molecule has 3 aromatic rings. The molecule has 3 N–H and O–H groups in total. The molecule has 0 bridgehead atoms. The number of aromatic nitrogens is 4. The molecule has 13 heteroatoms. The van der Waals surface area contributed by atoms with Crippen molar-refractivity contribution in [2.75, 3.05) is 0 Å². The summed E-state index contributed by atoms with van der Waals surface area (Å²) in [5.41, 5.74) is 2.44. The van der Waals surface area contributed by atoms with Gasteiger partial charge in [0.05, 0.1) is 23.1 Å². The molecule has 2 atom stereocenters. The topological polar surface area (TPSA) is 126 Å². The largest absolute Gasteiger partial charge is 0.344 e. The van der Waals surface area contributed by atoms with E-state index in [0.29, 0.717) is 28.1 Å². The molecular weight excluding hydrogens is 568 g/mol. The summed E-state index contributed by atoms with van der Waals surface area (Å²) >= 11 is 0. The minimum Gasteiger partial charge on any atom is -0.344 e. The number of benzene rings is 1. The van der Waals surface area contributed by atoms with Crippen LogP contribution in [0.1, 0.15) is 116 Å². The summed E-state index contributed by atoms with van der Waals surface area (Å²) in [5, 5.41) is 13.3. The number of alkyl halides is 4. The van der Waals surface area contributed by atoms with Crippen molar-refractivity contribution >= 4 is 22.8 Å². The number of hydrogen-bond acceptors (Lipinski definition) is 6. The highest BCUT2D eigenvalue weighted by Crippen LogP contribution is 2.45. The Hall–Kier alpha value is -3.51. The molecule has 0 aliphatic heterocycles. The Balaban J connectivity index is 1.15. The molecule has 7 rings (SSSR count). The second-order valence-corrected chi connectivity index (χ2v) is 13.0. The van der Waals surface area contributed by atoms with Crippen LogP contribution in [0.25, 0.3) is 11.0 Å². The van der Waals surface area contributed by atoms with Crippen molar-refractivity contribution in [3.8, 4) is 0 Å². The molecule has 1 aromatic carbocycles. The van der Waals surface area contributed by atoms with Crippen LogP contribution in [-0.4, -0.2) is 43.9 Å². The molecule has 0 radical (unpaired) electrons. The maximum atomic E-state index is 14.6. The van der Waals surface area contributed by atoms with Crippen molar-refractivity contribution < 1.29 is 31.8 Å². The zero-order valence-electron chi connectivity index (χ0n) is 23.6. The van der Waals surface area contributed by atoms with Crippen LogP contribution in [-0.2, 0) is 4.79 Å². The Labute approximate surface area is 244 Å². The number of H-pyrrole nitrogens is 1. The van der Waals surface area contributed by atoms with Gasteiger partial charge in [0.1, 0.15) is 11.5 Å². The van der Waals surface area contributed by atoms with E-state index in [-0.39, 0.29) is 55.0 Å². The Morgan fingerprint density at radius 3 is 2.37 bits per heavy atom.